The zero-order chi connectivity index (χ0) is 14.7. The van der Waals surface area contributed by atoms with Gasteiger partial charge in [-0.2, -0.15) is 0 Å². The van der Waals surface area contributed by atoms with Gasteiger partial charge in [0.25, 0.3) is 0 Å². The number of amides is 1. The lowest BCUT2D eigenvalue weighted by atomic mass is 10.1. The molecule has 2 nitrogen and oxygen atoms in total. The van der Waals surface area contributed by atoms with E-state index in [1.54, 1.807) is 6.07 Å². The molecule has 0 aliphatic carbocycles. The van der Waals surface area contributed by atoms with Crippen LogP contribution in [0.5, 0.6) is 0 Å². The topological polar surface area (TPSA) is 29.1 Å². The number of halogens is 4. The fourth-order valence-electron chi connectivity index (χ4n) is 1.64. The lowest BCUT2D eigenvalue weighted by Gasteiger charge is -2.10. The lowest BCUT2D eigenvalue weighted by molar-refractivity contribution is -0.115. The Bertz CT molecular complexity index is 643. The number of carbonyl (C=O) groups is 1. The van der Waals surface area contributed by atoms with Gasteiger partial charge in [-0.15, -0.1) is 0 Å². The second kappa shape index (κ2) is 6.70. The fourth-order valence-corrected chi connectivity index (χ4v) is 2.99. The van der Waals surface area contributed by atoms with Crippen LogP contribution in [0.15, 0.2) is 45.3 Å². The first-order valence-corrected chi connectivity index (χ1v) is 7.61. The number of nitrogens with one attached hydrogen (secondary N) is 1. The van der Waals surface area contributed by atoms with Gasteiger partial charge in [0.05, 0.1) is 12.1 Å². The molecule has 0 bridgehead atoms. The van der Waals surface area contributed by atoms with E-state index in [9.17, 15) is 9.18 Å². The highest BCUT2D eigenvalue weighted by molar-refractivity contribution is 9.11. The number of benzene rings is 2. The van der Waals surface area contributed by atoms with Crippen LogP contribution in [-0.4, -0.2) is 5.91 Å². The van der Waals surface area contributed by atoms with Crippen molar-refractivity contribution in [3.63, 3.8) is 0 Å². The van der Waals surface area contributed by atoms with Gasteiger partial charge in [0.15, 0.2) is 0 Å². The van der Waals surface area contributed by atoms with Gasteiger partial charge in [-0.05, 0) is 61.7 Å². The maximum Gasteiger partial charge on any atom is 0.228 e. The SMILES string of the molecule is O=C(Cc1ccc(Cl)cc1F)Nc1c(Br)cccc1Br. The maximum absolute atomic E-state index is 13.6. The molecular formula is C14H9Br2ClFNO. The third-order valence-corrected chi connectivity index (χ3v) is 4.15. The molecule has 6 heteroatoms. The first kappa shape index (κ1) is 15.5. The lowest BCUT2D eigenvalue weighted by Crippen LogP contribution is -2.15. The van der Waals surface area contributed by atoms with Crippen LogP contribution < -0.4 is 5.32 Å². The highest BCUT2D eigenvalue weighted by atomic mass is 79.9. The Labute approximate surface area is 137 Å². The number of rotatable bonds is 3. The van der Waals surface area contributed by atoms with E-state index in [4.69, 9.17) is 11.6 Å². The molecule has 0 atom stereocenters. The van der Waals surface area contributed by atoms with E-state index < -0.39 is 5.82 Å². The molecule has 2 aromatic rings. The molecule has 0 aliphatic rings. The van der Waals surface area contributed by atoms with Gasteiger partial charge in [0, 0.05) is 14.0 Å². The summed E-state index contributed by atoms with van der Waals surface area (Å²) < 4.78 is 15.1. The Morgan fingerprint density at radius 1 is 1.20 bits per heavy atom. The summed E-state index contributed by atoms with van der Waals surface area (Å²) in [6.45, 7) is 0. The molecule has 0 unspecified atom stereocenters. The molecule has 0 fully saturated rings. The summed E-state index contributed by atoms with van der Waals surface area (Å²) in [5.74, 6) is -0.794. The van der Waals surface area contributed by atoms with Gasteiger partial charge < -0.3 is 5.32 Å². The molecule has 1 amide bonds. The largest absolute Gasteiger partial charge is 0.324 e. The molecule has 20 heavy (non-hydrogen) atoms. The number of hydrogen-bond acceptors (Lipinski definition) is 1. The molecule has 0 aromatic heterocycles. The quantitative estimate of drug-likeness (QED) is 0.727. The summed E-state index contributed by atoms with van der Waals surface area (Å²) in [4.78, 5) is 12.0. The van der Waals surface area contributed by atoms with Crippen molar-refractivity contribution in [1.82, 2.24) is 0 Å². The monoisotopic (exact) mass is 419 g/mol. The average Bonchev–Trinajstić information content (AvgIpc) is 2.37. The Kier molecular flexibility index (Phi) is 5.18. The molecule has 0 aliphatic heterocycles. The first-order valence-electron chi connectivity index (χ1n) is 5.65. The molecule has 0 radical (unpaired) electrons. The third-order valence-electron chi connectivity index (χ3n) is 2.59. The van der Waals surface area contributed by atoms with E-state index in [1.807, 2.05) is 18.2 Å². The smallest absolute Gasteiger partial charge is 0.228 e. The van der Waals surface area contributed by atoms with E-state index in [-0.39, 0.29) is 12.3 Å². The number of hydrogen-bond donors (Lipinski definition) is 1. The van der Waals surface area contributed by atoms with E-state index in [2.05, 4.69) is 37.2 Å². The van der Waals surface area contributed by atoms with E-state index in [0.717, 1.165) is 8.95 Å². The van der Waals surface area contributed by atoms with Crippen LogP contribution in [0.1, 0.15) is 5.56 Å². The van der Waals surface area contributed by atoms with Crippen molar-refractivity contribution in [2.24, 2.45) is 0 Å². The summed E-state index contributed by atoms with van der Waals surface area (Å²) in [6, 6.07) is 9.71. The summed E-state index contributed by atoms with van der Waals surface area (Å²) in [5.41, 5.74) is 0.918. The van der Waals surface area contributed by atoms with Gasteiger partial charge in [-0.3, -0.25) is 4.79 Å². The molecule has 104 valence electrons. The minimum absolute atomic E-state index is 0.0588. The predicted octanol–water partition coefficient (Wildman–Crippen LogP) is 5.19. The Balaban J connectivity index is 2.13. The Morgan fingerprint density at radius 2 is 1.85 bits per heavy atom. The summed E-state index contributed by atoms with van der Waals surface area (Å²) >= 11 is 12.4. The van der Waals surface area contributed by atoms with Crippen LogP contribution in [-0.2, 0) is 11.2 Å². The highest BCUT2D eigenvalue weighted by Crippen LogP contribution is 2.30. The van der Waals surface area contributed by atoms with Crippen LogP contribution in [0.3, 0.4) is 0 Å². The molecule has 2 aromatic carbocycles. The summed E-state index contributed by atoms with van der Waals surface area (Å²) in [6.07, 6.45) is -0.0588. The van der Waals surface area contributed by atoms with E-state index in [1.165, 1.54) is 12.1 Å². The van der Waals surface area contributed by atoms with Gasteiger partial charge >= 0.3 is 0 Å². The molecule has 0 saturated carbocycles. The second-order valence-corrected chi connectivity index (χ2v) is 6.20. The van der Waals surface area contributed by atoms with Crippen molar-refractivity contribution < 1.29 is 9.18 Å². The number of anilines is 1. The fraction of sp³-hybridized carbons (Fsp3) is 0.0714. The van der Waals surface area contributed by atoms with E-state index in [0.29, 0.717) is 16.3 Å². The molecule has 2 rings (SSSR count). The molecular weight excluding hydrogens is 412 g/mol. The zero-order valence-corrected chi connectivity index (χ0v) is 14.0. The zero-order valence-electron chi connectivity index (χ0n) is 10.1. The van der Waals surface area contributed by atoms with Crippen molar-refractivity contribution in [2.45, 2.75) is 6.42 Å². The standard InChI is InChI=1S/C14H9Br2ClFNO/c15-10-2-1-3-11(16)14(10)19-13(20)6-8-4-5-9(17)7-12(8)18/h1-5,7H,6H2,(H,19,20). The van der Waals surface area contributed by atoms with Crippen molar-refractivity contribution >= 4 is 55.1 Å². The van der Waals surface area contributed by atoms with Crippen LogP contribution in [0, 0.1) is 5.82 Å². The predicted molar refractivity (Wildman–Crippen MR) is 85.6 cm³/mol. The van der Waals surface area contributed by atoms with Crippen molar-refractivity contribution in [3.05, 3.63) is 61.7 Å². The average molecular weight is 421 g/mol. The van der Waals surface area contributed by atoms with Gasteiger partial charge in [0.1, 0.15) is 5.82 Å². The molecule has 0 saturated heterocycles. The van der Waals surface area contributed by atoms with Gasteiger partial charge in [0.2, 0.25) is 5.91 Å². The molecule has 0 heterocycles. The van der Waals surface area contributed by atoms with Crippen LogP contribution >= 0.6 is 43.5 Å². The highest BCUT2D eigenvalue weighted by Gasteiger charge is 2.12. The second-order valence-electron chi connectivity index (χ2n) is 4.06. The van der Waals surface area contributed by atoms with Crippen LogP contribution in [0.2, 0.25) is 5.02 Å². The number of para-hydroxylation sites is 1. The first-order chi connectivity index (χ1) is 9.47. The summed E-state index contributed by atoms with van der Waals surface area (Å²) in [5, 5.41) is 3.04. The minimum atomic E-state index is -0.487. The number of carbonyl (C=O) groups excluding carboxylic acids is 1. The molecule has 0 spiro atoms. The van der Waals surface area contributed by atoms with Crippen molar-refractivity contribution in [1.29, 1.82) is 0 Å². The maximum atomic E-state index is 13.6. The molecule has 1 N–H and O–H groups in total. The minimum Gasteiger partial charge on any atom is -0.324 e. The van der Waals surface area contributed by atoms with Crippen molar-refractivity contribution in [2.75, 3.05) is 5.32 Å². The van der Waals surface area contributed by atoms with Crippen LogP contribution in [0.4, 0.5) is 10.1 Å². The normalized spacial score (nSPS) is 10.4. The Hall–Kier alpha value is -0.910. The van der Waals surface area contributed by atoms with E-state index >= 15 is 0 Å². The van der Waals surface area contributed by atoms with Gasteiger partial charge in [-0.1, -0.05) is 23.7 Å². The van der Waals surface area contributed by atoms with Gasteiger partial charge in [-0.25, -0.2) is 4.39 Å². The third kappa shape index (κ3) is 3.81. The van der Waals surface area contributed by atoms with Crippen LogP contribution in [0.25, 0.3) is 0 Å². The summed E-state index contributed by atoms with van der Waals surface area (Å²) in [7, 11) is 0. The van der Waals surface area contributed by atoms with Crippen molar-refractivity contribution in [3.8, 4) is 0 Å². The Morgan fingerprint density at radius 3 is 2.45 bits per heavy atom.